The second-order valence-corrected chi connectivity index (χ2v) is 6.31. The third-order valence-corrected chi connectivity index (χ3v) is 2.61. The molecule has 0 aliphatic heterocycles. The van der Waals surface area contributed by atoms with Crippen molar-refractivity contribution in [1.82, 2.24) is 0 Å². The fourth-order valence-electron chi connectivity index (χ4n) is 0.759. The number of thiol groups is 1. The van der Waals surface area contributed by atoms with Gasteiger partial charge < -0.3 is 0 Å². The van der Waals surface area contributed by atoms with Crippen molar-refractivity contribution >= 4 is 66.5 Å². The minimum atomic E-state index is 0.906. The van der Waals surface area contributed by atoms with Gasteiger partial charge >= 0.3 is 0 Å². The van der Waals surface area contributed by atoms with Gasteiger partial charge in [-0.2, -0.15) is 0 Å². The predicted octanol–water partition coefficient (Wildman–Crippen LogP) is 4.83. The molecule has 0 atom stereocenters. The molecule has 1 aromatic carbocycles. The Morgan fingerprint density at radius 3 is 2.58 bits per heavy atom. The summed E-state index contributed by atoms with van der Waals surface area (Å²) in [5.74, 6) is 0. The first-order valence-electron chi connectivity index (χ1n) is 3.11. The van der Waals surface area contributed by atoms with Crippen LogP contribution >= 0.6 is 60.4 Å². The van der Waals surface area contributed by atoms with Gasteiger partial charge in [0.1, 0.15) is 0 Å². The average molecular weight is 373 g/mol. The molecule has 0 spiro atoms. The van der Waals surface area contributed by atoms with Crippen molar-refractivity contribution in [3.05, 3.63) is 31.6 Å². The standard InChI is InChI=1S/C8H5Br3S/c9-6-1-2-7(12)5(3-6)4-8(10)11/h1-4,12H. The van der Waals surface area contributed by atoms with Crippen LogP contribution in [0.15, 0.2) is 31.0 Å². The van der Waals surface area contributed by atoms with Crippen LogP contribution in [0.4, 0.5) is 0 Å². The van der Waals surface area contributed by atoms with E-state index < -0.39 is 0 Å². The van der Waals surface area contributed by atoms with E-state index in [0.29, 0.717) is 0 Å². The Morgan fingerprint density at radius 1 is 1.33 bits per heavy atom. The smallest absolute Gasteiger partial charge is 0.0610 e. The number of benzene rings is 1. The van der Waals surface area contributed by atoms with Crippen LogP contribution in [0.1, 0.15) is 5.56 Å². The summed E-state index contributed by atoms with van der Waals surface area (Å²) < 4.78 is 1.95. The molecule has 64 valence electrons. The van der Waals surface area contributed by atoms with Gasteiger partial charge in [-0.1, -0.05) is 15.9 Å². The molecule has 4 heteroatoms. The first-order chi connectivity index (χ1) is 5.59. The summed E-state index contributed by atoms with van der Waals surface area (Å²) in [6.45, 7) is 0. The highest BCUT2D eigenvalue weighted by Gasteiger charge is 1.96. The summed E-state index contributed by atoms with van der Waals surface area (Å²) in [6, 6.07) is 5.91. The van der Waals surface area contributed by atoms with Gasteiger partial charge in [-0.3, -0.25) is 0 Å². The van der Waals surface area contributed by atoms with Gasteiger partial charge in [0.05, 0.1) is 3.39 Å². The molecule has 0 saturated carbocycles. The second kappa shape index (κ2) is 4.84. The third kappa shape index (κ3) is 3.24. The molecule has 0 amide bonds. The summed E-state index contributed by atoms with van der Waals surface area (Å²) in [5.41, 5.74) is 1.07. The molecule has 0 aromatic heterocycles. The van der Waals surface area contributed by atoms with Crippen LogP contribution in [-0.4, -0.2) is 0 Å². The van der Waals surface area contributed by atoms with Crippen molar-refractivity contribution < 1.29 is 0 Å². The van der Waals surface area contributed by atoms with Crippen LogP contribution in [0.3, 0.4) is 0 Å². The van der Waals surface area contributed by atoms with Gasteiger partial charge in [0, 0.05) is 9.37 Å². The van der Waals surface area contributed by atoms with E-state index in [-0.39, 0.29) is 0 Å². The summed E-state index contributed by atoms with van der Waals surface area (Å²) >= 11 is 14.3. The Morgan fingerprint density at radius 2 is 2.00 bits per heavy atom. The molecule has 0 aliphatic rings. The largest absolute Gasteiger partial charge is 0.143 e. The average Bonchev–Trinajstić information content (AvgIpc) is 1.96. The Bertz CT molecular complexity index is 316. The zero-order valence-corrected chi connectivity index (χ0v) is 11.5. The molecule has 0 N–H and O–H groups in total. The van der Waals surface area contributed by atoms with Crippen molar-refractivity contribution in [3.8, 4) is 0 Å². The Hall–Kier alpha value is 0.750. The summed E-state index contributed by atoms with van der Waals surface area (Å²) in [6.07, 6.45) is 1.95. The normalized spacial score (nSPS) is 9.67. The molecular weight excluding hydrogens is 368 g/mol. The van der Waals surface area contributed by atoms with E-state index in [0.717, 1.165) is 18.3 Å². The van der Waals surface area contributed by atoms with E-state index in [4.69, 9.17) is 0 Å². The molecule has 1 aromatic rings. The van der Waals surface area contributed by atoms with Gasteiger partial charge in [0.2, 0.25) is 0 Å². The lowest BCUT2D eigenvalue weighted by Gasteiger charge is -1.99. The molecule has 0 nitrogen and oxygen atoms in total. The molecule has 0 radical (unpaired) electrons. The predicted molar refractivity (Wildman–Crippen MR) is 67.2 cm³/mol. The molecule has 0 heterocycles. The Labute approximate surface area is 102 Å². The molecule has 0 aliphatic carbocycles. The van der Waals surface area contributed by atoms with E-state index in [1.165, 1.54) is 0 Å². The van der Waals surface area contributed by atoms with Gasteiger partial charge in [-0.25, -0.2) is 0 Å². The van der Waals surface area contributed by atoms with Crippen molar-refractivity contribution in [2.45, 2.75) is 4.90 Å². The van der Waals surface area contributed by atoms with Crippen LogP contribution in [0, 0.1) is 0 Å². The van der Waals surface area contributed by atoms with Crippen LogP contribution in [-0.2, 0) is 0 Å². The van der Waals surface area contributed by atoms with Crippen LogP contribution in [0.25, 0.3) is 6.08 Å². The van der Waals surface area contributed by atoms with Gasteiger partial charge in [-0.15, -0.1) is 12.6 Å². The number of halogens is 3. The molecule has 12 heavy (non-hydrogen) atoms. The van der Waals surface area contributed by atoms with Crippen molar-refractivity contribution in [2.24, 2.45) is 0 Å². The minimum Gasteiger partial charge on any atom is -0.143 e. The molecule has 0 saturated heterocycles. The third-order valence-electron chi connectivity index (χ3n) is 1.25. The highest BCUT2D eigenvalue weighted by Crippen LogP contribution is 2.25. The fraction of sp³-hybridized carbons (Fsp3) is 0. The Kier molecular flexibility index (Phi) is 4.37. The molecule has 0 fully saturated rings. The zero-order valence-electron chi connectivity index (χ0n) is 5.89. The van der Waals surface area contributed by atoms with Crippen LogP contribution in [0.2, 0.25) is 0 Å². The van der Waals surface area contributed by atoms with Crippen LogP contribution in [0.5, 0.6) is 0 Å². The molecule has 0 bridgehead atoms. The van der Waals surface area contributed by atoms with E-state index >= 15 is 0 Å². The number of rotatable bonds is 1. The Balaban J connectivity index is 3.14. The SMILES string of the molecule is Sc1ccc(Br)cc1C=C(Br)Br. The summed E-state index contributed by atoms with van der Waals surface area (Å²) in [4.78, 5) is 0.953. The van der Waals surface area contributed by atoms with E-state index in [2.05, 4.69) is 60.4 Å². The fourth-order valence-corrected chi connectivity index (χ4v) is 1.83. The van der Waals surface area contributed by atoms with E-state index in [9.17, 15) is 0 Å². The first-order valence-corrected chi connectivity index (χ1v) is 5.93. The van der Waals surface area contributed by atoms with Crippen molar-refractivity contribution in [1.29, 1.82) is 0 Å². The minimum absolute atomic E-state index is 0.906. The summed E-state index contributed by atoms with van der Waals surface area (Å²) in [5, 5.41) is 0. The maximum absolute atomic E-state index is 4.31. The summed E-state index contributed by atoms with van der Waals surface area (Å²) in [7, 11) is 0. The lowest BCUT2D eigenvalue weighted by atomic mass is 10.2. The van der Waals surface area contributed by atoms with E-state index in [1.807, 2.05) is 24.3 Å². The monoisotopic (exact) mass is 370 g/mol. The van der Waals surface area contributed by atoms with E-state index in [1.54, 1.807) is 0 Å². The quantitative estimate of drug-likeness (QED) is 0.671. The number of hydrogen-bond acceptors (Lipinski definition) is 1. The highest BCUT2D eigenvalue weighted by atomic mass is 79.9. The second-order valence-electron chi connectivity index (χ2n) is 2.14. The highest BCUT2D eigenvalue weighted by molar-refractivity contribution is 9.28. The molecule has 0 unspecified atom stereocenters. The van der Waals surface area contributed by atoms with Gasteiger partial charge in [-0.05, 0) is 61.7 Å². The van der Waals surface area contributed by atoms with Crippen molar-refractivity contribution in [2.75, 3.05) is 0 Å². The lowest BCUT2D eigenvalue weighted by Crippen LogP contribution is -1.75. The number of hydrogen-bond donors (Lipinski definition) is 1. The maximum Gasteiger partial charge on any atom is 0.0610 e. The first kappa shape index (κ1) is 10.8. The lowest BCUT2D eigenvalue weighted by molar-refractivity contribution is 1.42. The maximum atomic E-state index is 4.31. The van der Waals surface area contributed by atoms with Crippen molar-refractivity contribution in [3.63, 3.8) is 0 Å². The van der Waals surface area contributed by atoms with Gasteiger partial charge in [0.15, 0.2) is 0 Å². The van der Waals surface area contributed by atoms with Gasteiger partial charge in [0.25, 0.3) is 0 Å². The molecular formula is C8H5Br3S. The zero-order chi connectivity index (χ0) is 9.14. The molecule has 1 rings (SSSR count). The topological polar surface area (TPSA) is 0 Å². The van der Waals surface area contributed by atoms with Crippen LogP contribution < -0.4 is 0 Å².